The van der Waals surface area contributed by atoms with Gasteiger partial charge in [-0.15, -0.1) is 0 Å². The van der Waals surface area contributed by atoms with Crippen LogP contribution in [-0.4, -0.2) is 35.2 Å². The van der Waals surface area contributed by atoms with E-state index in [-0.39, 0.29) is 5.91 Å². The Kier molecular flexibility index (Phi) is 4.81. The smallest absolute Gasteiger partial charge is 0.313 e. The minimum Gasteiger partial charge on any atom is -0.486 e. The number of rotatable bonds is 3. The third-order valence-corrected chi connectivity index (χ3v) is 5.86. The van der Waals surface area contributed by atoms with Crippen molar-refractivity contribution in [1.29, 1.82) is 0 Å². The van der Waals surface area contributed by atoms with Crippen molar-refractivity contribution >= 4 is 17.6 Å². The van der Waals surface area contributed by atoms with Gasteiger partial charge in [-0.05, 0) is 55.3 Å². The van der Waals surface area contributed by atoms with Crippen molar-refractivity contribution in [3.8, 4) is 11.5 Å². The number of carboxylic acids is 1. The van der Waals surface area contributed by atoms with E-state index in [1.165, 1.54) is 0 Å². The molecule has 0 spiro atoms. The minimum absolute atomic E-state index is 0.247. The highest BCUT2D eigenvalue weighted by Gasteiger charge is 2.45. The number of fused-ring (bicyclic) bond motifs is 2. The van der Waals surface area contributed by atoms with Crippen LogP contribution in [0.1, 0.15) is 44.8 Å². The lowest BCUT2D eigenvalue weighted by molar-refractivity contribution is -0.139. The molecule has 5 rings (SSSR count). The van der Waals surface area contributed by atoms with Crippen molar-refractivity contribution in [3.05, 3.63) is 82.7 Å². The number of aryl methyl sites for hydroxylation is 2. The molecule has 2 aliphatic heterocycles. The summed E-state index contributed by atoms with van der Waals surface area (Å²) in [6.07, 6.45) is 0. The highest BCUT2D eigenvalue weighted by molar-refractivity contribution is 6.11. The first-order valence-electron chi connectivity index (χ1n) is 10.4. The van der Waals surface area contributed by atoms with Gasteiger partial charge in [-0.1, -0.05) is 24.3 Å². The summed E-state index contributed by atoms with van der Waals surface area (Å²) in [5.74, 6) is -1.05. The molecule has 2 atom stereocenters. The number of hydrogen-bond acceptors (Lipinski definition) is 5. The van der Waals surface area contributed by atoms with Gasteiger partial charge in [0.1, 0.15) is 19.1 Å². The molecule has 0 saturated carbocycles. The van der Waals surface area contributed by atoms with Crippen LogP contribution in [0.25, 0.3) is 0 Å². The molecule has 2 aliphatic rings. The molecule has 7 nitrogen and oxygen atoms in total. The molecule has 2 aromatic carbocycles. The maximum atomic E-state index is 13.7. The summed E-state index contributed by atoms with van der Waals surface area (Å²) in [6, 6.07) is 15.1. The Balaban J connectivity index is 1.76. The molecule has 7 heteroatoms. The van der Waals surface area contributed by atoms with Crippen molar-refractivity contribution in [2.45, 2.75) is 25.8 Å². The van der Waals surface area contributed by atoms with Crippen LogP contribution >= 0.6 is 0 Å². The molecule has 0 aliphatic carbocycles. The van der Waals surface area contributed by atoms with E-state index in [0.29, 0.717) is 47.1 Å². The maximum Gasteiger partial charge on any atom is 0.313 e. The monoisotopic (exact) mass is 430 g/mol. The second kappa shape index (κ2) is 7.67. The van der Waals surface area contributed by atoms with Crippen LogP contribution in [-0.2, 0) is 4.79 Å². The van der Waals surface area contributed by atoms with Crippen LogP contribution < -0.4 is 14.4 Å². The lowest BCUT2D eigenvalue weighted by Gasteiger charge is -2.41. The van der Waals surface area contributed by atoms with E-state index in [1.54, 1.807) is 41.3 Å². The van der Waals surface area contributed by atoms with E-state index < -0.39 is 17.9 Å². The van der Waals surface area contributed by atoms with Crippen molar-refractivity contribution in [3.63, 3.8) is 0 Å². The van der Waals surface area contributed by atoms with Crippen LogP contribution in [0.3, 0.4) is 0 Å². The fourth-order valence-corrected chi connectivity index (χ4v) is 4.62. The lowest BCUT2D eigenvalue weighted by Crippen LogP contribution is -2.45. The topological polar surface area (TPSA) is 89.0 Å². The fourth-order valence-electron chi connectivity index (χ4n) is 4.62. The van der Waals surface area contributed by atoms with Gasteiger partial charge >= 0.3 is 5.97 Å². The SMILES string of the molecule is Cc1cc(N2C(=O)c3ccccc3C(C(=O)O)C2c2ccc3c(c2)OCCO3)cc(C)n1. The predicted octanol–water partition coefficient (Wildman–Crippen LogP) is 4.04. The predicted molar refractivity (Wildman–Crippen MR) is 118 cm³/mol. The van der Waals surface area contributed by atoms with Gasteiger partial charge in [-0.3, -0.25) is 19.5 Å². The number of amides is 1. The summed E-state index contributed by atoms with van der Waals surface area (Å²) in [5.41, 5.74) is 3.67. The Bertz CT molecular complexity index is 1220. The summed E-state index contributed by atoms with van der Waals surface area (Å²) in [5, 5.41) is 10.3. The van der Waals surface area contributed by atoms with E-state index in [0.717, 1.165) is 11.4 Å². The molecule has 0 saturated heterocycles. The number of aromatic nitrogens is 1. The van der Waals surface area contributed by atoms with Gasteiger partial charge in [0, 0.05) is 22.6 Å². The molecular formula is C25H22N2O5. The third-order valence-electron chi connectivity index (χ3n) is 5.86. The van der Waals surface area contributed by atoms with E-state index >= 15 is 0 Å². The van der Waals surface area contributed by atoms with E-state index in [9.17, 15) is 14.7 Å². The number of benzene rings is 2. The summed E-state index contributed by atoms with van der Waals surface area (Å²) < 4.78 is 11.4. The number of nitrogens with zero attached hydrogens (tertiary/aromatic N) is 2. The van der Waals surface area contributed by atoms with E-state index in [1.807, 2.05) is 32.0 Å². The quantitative estimate of drug-likeness (QED) is 0.675. The first-order valence-corrected chi connectivity index (χ1v) is 10.4. The molecular weight excluding hydrogens is 408 g/mol. The van der Waals surface area contributed by atoms with Crippen LogP contribution in [0.5, 0.6) is 11.5 Å². The average Bonchev–Trinajstić information content (AvgIpc) is 2.77. The molecule has 0 fully saturated rings. The first-order chi connectivity index (χ1) is 15.4. The van der Waals surface area contributed by atoms with Gasteiger partial charge in [0.25, 0.3) is 5.91 Å². The number of pyridine rings is 1. The Morgan fingerprint density at radius 2 is 1.69 bits per heavy atom. The Hall–Kier alpha value is -3.87. The molecule has 1 amide bonds. The Labute approximate surface area is 185 Å². The van der Waals surface area contributed by atoms with Crippen molar-refractivity contribution in [2.75, 3.05) is 18.1 Å². The average molecular weight is 430 g/mol. The molecule has 1 aromatic heterocycles. The molecule has 162 valence electrons. The molecule has 2 unspecified atom stereocenters. The summed E-state index contributed by atoms with van der Waals surface area (Å²) >= 11 is 0. The van der Waals surface area contributed by atoms with Crippen LogP contribution in [0.4, 0.5) is 5.69 Å². The Morgan fingerprint density at radius 3 is 2.41 bits per heavy atom. The van der Waals surface area contributed by atoms with Gasteiger partial charge < -0.3 is 14.6 Å². The number of hydrogen-bond donors (Lipinski definition) is 1. The van der Waals surface area contributed by atoms with E-state index in [4.69, 9.17) is 9.47 Å². The van der Waals surface area contributed by atoms with E-state index in [2.05, 4.69) is 4.98 Å². The maximum absolute atomic E-state index is 13.7. The van der Waals surface area contributed by atoms with Gasteiger partial charge in [0.2, 0.25) is 0 Å². The normalized spacial score (nSPS) is 19.4. The van der Waals surface area contributed by atoms with Crippen molar-refractivity contribution < 1.29 is 24.2 Å². The van der Waals surface area contributed by atoms with Crippen LogP contribution in [0, 0.1) is 13.8 Å². The van der Waals surface area contributed by atoms with Gasteiger partial charge in [0.15, 0.2) is 11.5 Å². The summed E-state index contributed by atoms with van der Waals surface area (Å²) in [7, 11) is 0. The molecule has 3 aromatic rings. The first kappa shape index (κ1) is 20.1. The molecule has 0 bridgehead atoms. The highest BCUT2D eigenvalue weighted by atomic mass is 16.6. The molecule has 1 N–H and O–H groups in total. The summed E-state index contributed by atoms with van der Waals surface area (Å²) in [6.45, 7) is 4.58. The van der Waals surface area contributed by atoms with Gasteiger partial charge in [-0.2, -0.15) is 0 Å². The lowest BCUT2D eigenvalue weighted by atomic mass is 9.79. The molecule has 3 heterocycles. The zero-order chi connectivity index (χ0) is 22.4. The zero-order valence-corrected chi connectivity index (χ0v) is 17.7. The molecule has 32 heavy (non-hydrogen) atoms. The van der Waals surface area contributed by atoms with Crippen molar-refractivity contribution in [2.24, 2.45) is 0 Å². The second-order valence-corrected chi connectivity index (χ2v) is 8.03. The zero-order valence-electron chi connectivity index (χ0n) is 17.7. The molecule has 0 radical (unpaired) electrons. The van der Waals surface area contributed by atoms with Crippen molar-refractivity contribution in [1.82, 2.24) is 4.98 Å². The number of anilines is 1. The number of carbonyl (C=O) groups excluding carboxylic acids is 1. The highest BCUT2D eigenvalue weighted by Crippen LogP contribution is 2.47. The Morgan fingerprint density at radius 1 is 1.00 bits per heavy atom. The number of carbonyl (C=O) groups is 2. The fraction of sp³-hybridized carbons (Fsp3) is 0.240. The van der Waals surface area contributed by atoms with Crippen LogP contribution in [0.2, 0.25) is 0 Å². The standard InChI is InChI=1S/C25H22N2O5/c1-14-11-17(12-15(2)26-14)27-23(16-7-8-20-21(13-16)32-10-9-31-20)22(25(29)30)18-5-3-4-6-19(18)24(27)28/h3-8,11-13,22-23H,9-10H2,1-2H3,(H,29,30). The number of ether oxygens (including phenoxy) is 2. The van der Waals surface area contributed by atoms with Crippen LogP contribution in [0.15, 0.2) is 54.6 Å². The second-order valence-electron chi connectivity index (χ2n) is 8.03. The number of carboxylic acid groups (broad SMARTS) is 1. The van der Waals surface area contributed by atoms with Gasteiger partial charge in [0.05, 0.1) is 6.04 Å². The van der Waals surface area contributed by atoms with Gasteiger partial charge in [-0.25, -0.2) is 0 Å². The third kappa shape index (κ3) is 3.26. The largest absolute Gasteiger partial charge is 0.486 e. The number of aliphatic carboxylic acids is 1. The summed E-state index contributed by atoms with van der Waals surface area (Å²) in [4.78, 5) is 32.3. The minimum atomic E-state index is -1.00.